The normalized spacial score (nSPS) is 13.5. The Kier molecular flexibility index (Phi) is 4.50. The summed E-state index contributed by atoms with van der Waals surface area (Å²) in [5, 5.41) is 6.29. The van der Waals surface area contributed by atoms with Crippen LogP contribution in [-0.2, 0) is 7.05 Å². The highest BCUT2D eigenvalue weighted by atomic mass is 32.1. The van der Waals surface area contributed by atoms with E-state index >= 15 is 0 Å². The van der Waals surface area contributed by atoms with Gasteiger partial charge in [0.25, 0.3) is 17.4 Å². The first-order valence-electron chi connectivity index (χ1n) is 9.02. The summed E-state index contributed by atoms with van der Waals surface area (Å²) in [5.74, 6) is -0.450. The fourth-order valence-corrected chi connectivity index (χ4v) is 4.03. The minimum Gasteiger partial charge on any atom is -0.349 e. The molecule has 1 saturated carbocycles. The lowest BCUT2D eigenvalue weighted by molar-refractivity contribution is 0.0949. The van der Waals surface area contributed by atoms with Crippen LogP contribution in [0.25, 0.3) is 10.2 Å². The van der Waals surface area contributed by atoms with Crippen molar-refractivity contribution in [2.75, 3.05) is 5.32 Å². The van der Waals surface area contributed by atoms with Crippen molar-refractivity contribution in [2.24, 2.45) is 7.05 Å². The average Bonchev–Trinajstić information content (AvgIpc) is 3.41. The standard InChI is InChI=1S/C20H20N4O3S/c1-10-4-5-12(17(25)22-13-6-7-13)8-14(10)23-18(26)16-11(2)15-19(28-16)21-9-24(3)20(15)27/h4-5,8-9,13H,6-7H2,1-3H3,(H,22,25)(H,23,26). The van der Waals surface area contributed by atoms with Crippen molar-refractivity contribution < 1.29 is 9.59 Å². The van der Waals surface area contributed by atoms with Gasteiger partial charge in [-0.15, -0.1) is 11.3 Å². The van der Waals surface area contributed by atoms with Gasteiger partial charge in [-0.25, -0.2) is 4.98 Å². The van der Waals surface area contributed by atoms with Crippen LogP contribution in [0.5, 0.6) is 0 Å². The lowest BCUT2D eigenvalue weighted by Crippen LogP contribution is -2.25. The zero-order valence-electron chi connectivity index (χ0n) is 15.8. The van der Waals surface area contributed by atoms with Crippen LogP contribution in [0.3, 0.4) is 0 Å². The smallest absolute Gasteiger partial charge is 0.266 e. The second-order valence-corrected chi connectivity index (χ2v) is 8.13. The van der Waals surface area contributed by atoms with Crippen LogP contribution in [0.1, 0.15) is 44.0 Å². The number of hydrogen-bond donors (Lipinski definition) is 2. The predicted octanol–water partition coefficient (Wildman–Crippen LogP) is 2.76. The second-order valence-electron chi connectivity index (χ2n) is 7.13. The molecule has 0 aliphatic heterocycles. The van der Waals surface area contributed by atoms with E-state index in [-0.39, 0.29) is 23.4 Å². The molecule has 1 aliphatic carbocycles. The molecular formula is C20H20N4O3S. The number of aromatic nitrogens is 2. The molecule has 0 saturated heterocycles. The molecular weight excluding hydrogens is 376 g/mol. The van der Waals surface area contributed by atoms with Gasteiger partial charge in [-0.05, 0) is 49.9 Å². The predicted molar refractivity (Wildman–Crippen MR) is 109 cm³/mol. The van der Waals surface area contributed by atoms with Crippen molar-refractivity contribution in [1.29, 1.82) is 0 Å². The summed E-state index contributed by atoms with van der Waals surface area (Å²) in [5.41, 5.74) is 2.38. The number of hydrogen-bond acceptors (Lipinski definition) is 5. The van der Waals surface area contributed by atoms with Gasteiger partial charge in [0.1, 0.15) is 4.83 Å². The summed E-state index contributed by atoms with van der Waals surface area (Å²) in [6, 6.07) is 5.52. The molecule has 2 amide bonds. The molecule has 144 valence electrons. The van der Waals surface area contributed by atoms with Gasteiger partial charge in [0.05, 0.1) is 16.6 Å². The first-order chi connectivity index (χ1) is 13.3. The Morgan fingerprint density at radius 2 is 1.96 bits per heavy atom. The molecule has 2 N–H and O–H groups in total. The lowest BCUT2D eigenvalue weighted by Gasteiger charge is -2.11. The zero-order chi connectivity index (χ0) is 20.0. The van der Waals surface area contributed by atoms with Crippen molar-refractivity contribution in [3.8, 4) is 0 Å². The molecule has 2 aromatic heterocycles. The molecule has 0 bridgehead atoms. The van der Waals surface area contributed by atoms with Crippen LogP contribution in [0.15, 0.2) is 29.3 Å². The Morgan fingerprint density at radius 1 is 1.21 bits per heavy atom. The fraction of sp³-hybridized carbons (Fsp3) is 0.300. The zero-order valence-corrected chi connectivity index (χ0v) is 16.6. The molecule has 8 heteroatoms. The highest BCUT2D eigenvalue weighted by Gasteiger charge is 2.24. The molecule has 1 fully saturated rings. The minimum atomic E-state index is -0.314. The number of thiophene rings is 1. The maximum atomic E-state index is 12.9. The summed E-state index contributed by atoms with van der Waals surface area (Å²) in [7, 11) is 1.63. The van der Waals surface area contributed by atoms with E-state index in [0.29, 0.717) is 31.9 Å². The van der Waals surface area contributed by atoms with Crippen LogP contribution in [0, 0.1) is 13.8 Å². The molecule has 0 atom stereocenters. The van der Waals surface area contributed by atoms with Crippen molar-refractivity contribution in [3.63, 3.8) is 0 Å². The van der Waals surface area contributed by atoms with E-state index in [1.807, 2.05) is 13.0 Å². The van der Waals surface area contributed by atoms with Crippen LogP contribution in [0.4, 0.5) is 5.69 Å². The molecule has 0 spiro atoms. The van der Waals surface area contributed by atoms with E-state index in [9.17, 15) is 14.4 Å². The molecule has 1 aromatic carbocycles. The summed E-state index contributed by atoms with van der Waals surface area (Å²) in [6.07, 6.45) is 3.48. The average molecular weight is 396 g/mol. The third kappa shape index (κ3) is 3.31. The Labute approximate surface area is 165 Å². The van der Waals surface area contributed by atoms with Crippen LogP contribution >= 0.6 is 11.3 Å². The number of carbonyl (C=O) groups excluding carboxylic acids is 2. The van der Waals surface area contributed by atoms with E-state index in [1.165, 1.54) is 22.2 Å². The lowest BCUT2D eigenvalue weighted by atomic mass is 10.1. The van der Waals surface area contributed by atoms with Crippen molar-refractivity contribution in [3.05, 3.63) is 56.4 Å². The van der Waals surface area contributed by atoms with Crippen LogP contribution in [-0.4, -0.2) is 27.4 Å². The third-order valence-corrected chi connectivity index (χ3v) is 6.08. The second kappa shape index (κ2) is 6.87. The number of nitrogens with one attached hydrogen (secondary N) is 2. The van der Waals surface area contributed by atoms with E-state index in [2.05, 4.69) is 15.6 Å². The van der Waals surface area contributed by atoms with E-state index in [1.54, 1.807) is 26.1 Å². The highest BCUT2D eigenvalue weighted by Crippen LogP contribution is 2.28. The number of amides is 2. The van der Waals surface area contributed by atoms with Gasteiger partial charge in [-0.1, -0.05) is 6.07 Å². The topological polar surface area (TPSA) is 93.1 Å². The summed E-state index contributed by atoms with van der Waals surface area (Å²) >= 11 is 1.19. The summed E-state index contributed by atoms with van der Waals surface area (Å²) < 4.78 is 1.40. The maximum absolute atomic E-state index is 12.9. The number of nitrogens with zero attached hydrogens (tertiary/aromatic N) is 2. The monoisotopic (exact) mass is 396 g/mol. The summed E-state index contributed by atoms with van der Waals surface area (Å²) in [6.45, 7) is 3.62. The number of fused-ring (bicyclic) bond motifs is 1. The Bertz CT molecular complexity index is 1170. The quantitative estimate of drug-likeness (QED) is 0.709. The molecule has 0 radical (unpaired) electrons. The van der Waals surface area contributed by atoms with E-state index in [4.69, 9.17) is 0 Å². The van der Waals surface area contributed by atoms with Gasteiger partial charge in [-0.3, -0.25) is 14.4 Å². The maximum Gasteiger partial charge on any atom is 0.266 e. The Morgan fingerprint density at radius 3 is 2.68 bits per heavy atom. The molecule has 2 heterocycles. The molecule has 1 aliphatic rings. The fourth-order valence-electron chi connectivity index (χ4n) is 3.00. The van der Waals surface area contributed by atoms with Gasteiger partial charge >= 0.3 is 0 Å². The number of rotatable bonds is 4. The molecule has 7 nitrogen and oxygen atoms in total. The van der Waals surface area contributed by atoms with Gasteiger partial charge < -0.3 is 15.2 Å². The molecule has 3 aromatic rings. The molecule has 4 rings (SSSR count). The van der Waals surface area contributed by atoms with Gasteiger partial charge in [-0.2, -0.15) is 0 Å². The van der Waals surface area contributed by atoms with Crippen LogP contribution in [0.2, 0.25) is 0 Å². The number of aryl methyl sites for hydroxylation is 3. The molecule has 28 heavy (non-hydrogen) atoms. The van der Waals surface area contributed by atoms with Crippen molar-refractivity contribution in [1.82, 2.24) is 14.9 Å². The third-order valence-electron chi connectivity index (χ3n) is 4.88. The first-order valence-corrected chi connectivity index (χ1v) is 9.84. The highest BCUT2D eigenvalue weighted by molar-refractivity contribution is 7.20. The van der Waals surface area contributed by atoms with Crippen molar-refractivity contribution in [2.45, 2.75) is 32.7 Å². The van der Waals surface area contributed by atoms with Gasteiger partial charge in [0.2, 0.25) is 0 Å². The number of carbonyl (C=O) groups is 2. The minimum absolute atomic E-state index is 0.135. The van der Waals surface area contributed by atoms with E-state index < -0.39 is 0 Å². The molecule has 0 unspecified atom stereocenters. The largest absolute Gasteiger partial charge is 0.349 e. The van der Waals surface area contributed by atoms with Crippen molar-refractivity contribution >= 4 is 39.1 Å². The SMILES string of the molecule is Cc1ccc(C(=O)NC2CC2)cc1NC(=O)c1sc2ncn(C)c(=O)c2c1C. The van der Waals surface area contributed by atoms with Gasteiger partial charge in [0.15, 0.2) is 0 Å². The van der Waals surface area contributed by atoms with E-state index in [0.717, 1.165) is 18.4 Å². The first kappa shape index (κ1) is 18.4. The van der Waals surface area contributed by atoms with Crippen LogP contribution < -0.4 is 16.2 Å². The number of anilines is 1. The summed E-state index contributed by atoms with van der Waals surface area (Å²) in [4.78, 5) is 42.8. The number of benzene rings is 1. The Balaban J connectivity index is 1.64. The van der Waals surface area contributed by atoms with Gasteiger partial charge in [0, 0.05) is 24.3 Å². The Hall–Kier alpha value is -3.00.